The van der Waals surface area contributed by atoms with Crippen molar-refractivity contribution in [3.8, 4) is 0 Å². The molecule has 9 heavy (non-hydrogen) atoms. The average molecular weight is 143 g/mol. The zero-order valence-corrected chi connectivity index (χ0v) is 6.07. The Bertz CT molecular complexity index is 136. The fraction of sp³-hybridized carbons (Fsp3) is 0.500. The van der Waals surface area contributed by atoms with Gasteiger partial charge in [0.2, 0.25) is 5.91 Å². The minimum Gasteiger partial charge on any atom is -0.358 e. The minimum atomic E-state index is 0.130. The van der Waals surface area contributed by atoms with Gasteiger partial charge >= 0.3 is 0 Å². The molecule has 0 spiro atoms. The van der Waals surface area contributed by atoms with Gasteiger partial charge < -0.3 is 5.32 Å². The maximum Gasteiger partial charge on any atom is 0.233 e. The first kappa shape index (κ1) is 6.68. The number of amides is 1. The van der Waals surface area contributed by atoms with Crippen LogP contribution in [0.2, 0.25) is 0 Å². The zero-order chi connectivity index (χ0) is 6.69. The Labute approximate surface area is 58.7 Å². The molecule has 1 rings (SSSR count). The first-order chi connectivity index (χ1) is 4.34. The van der Waals surface area contributed by atoms with Crippen molar-refractivity contribution < 1.29 is 4.79 Å². The molecule has 0 fully saturated rings. The topological polar surface area (TPSA) is 29.1 Å². The van der Waals surface area contributed by atoms with Gasteiger partial charge in [0.05, 0.1) is 5.25 Å². The summed E-state index contributed by atoms with van der Waals surface area (Å²) >= 11 is 1.58. The van der Waals surface area contributed by atoms with Crippen LogP contribution in [0.25, 0.3) is 0 Å². The fourth-order valence-corrected chi connectivity index (χ4v) is 1.59. The molecule has 1 aliphatic heterocycles. The van der Waals surface area contributed by atoms with Crippen molar-refractivity contribution in [3.63, 3.8) is 0 Å². The Morgan fingerprint density at radius 2 is 2.67 bits per heavy atom. The minimum absolute atomic E-state index is 0.130. The summed E-state index contributed by atoms with van der Waals surface area (Å²) in [6.07, 6.45) is 2.90. The van der Waals surface area contributed by atoms with E-state index in [2.05, 4.69) is 5.32 Å². The van der Waals surface area contributed by atoms with E-state index in [1.807, 2.05) is 11.5 Å². The second kappa shape index (κ2) is 2.92. The molecule has 0 aliphatic carbocycles. The molecule has 0 aromatic rings. The van der Waals surface area contributed by atoms with E-state index in [4.69, 9.17) is 0 Å². The molecule has 0 saturated carbocycles. The molecule has 0 radical (unpaired) electrons. The largest absolute Gasteiger partial charge is 0.358 e. The molecule has 1 N–H and O–H groups in total. The highest BCUT2D eigenvalue weighted by atomic mass is 32.2. The number of allylic oxidation sites excluding steroid dienone is 1. The van der Waals surface area contributed by atoms with E-state index in [1.54, 1.807) is 18.8 Å². The Morgan fingerprint density at radius 1 is 1.89 bits per heavy atom. The molecule has 50 valence electrons. The van der Waals surface area contributed by atoms with Crippen LogP contribution in [-0.4, -0.2) is 18.2 Å². The summed E-state index contributed by atoms with van der Waals surface area (Å²) < 4.78 is 0. The van der Waals surface area contributed by atoms with E-state index in [0.29, 0.717) is 0 Å². The van der Waals surface area contributed by atoms with Crippen LogP contribution in [0.5, 0.6) is 0 Å². The molecule has 3 heteroatoms. The summed E-state index contributed by atoms with van der Waals surface area (Å²) in [6.45, 7) is 0. The van der Waals surface area contributed by atoms with Crippen molar-refractivity contribution in [2.24, 2.45) is 0 Å². The van der Waals surface area contributed by atoms with Crippen LogP contribution in [-0.2, 0) is 4.79 Å². The summed E-state index contributed by atoms with van der Waals surface area (Å²) in [5, 5.41) is 4.71. The highest BCUT2D eigenvalue weighted by molar-refractivity contribution is 8.03. The number of hydrogen-bond acceptors (Lipinski definition) is 2. The molecule has 0 aromatic heterocycles. The van der Waals surface area contributed by atoms with Crippen LogP contribution in [0.15, 0.2) is 11.5 Å². The van der Waals surface area contributed by atoms with E-state index in [-0.39, 0.29) is 11.2 Å². The van der Waals surface area contributed by atoms with Gasteiger partial charge in [0.25, 0.3) is 0 Å². The standard InChI is InChI=1S/C6H9NOS/c1-7-6(8)5-3-2-4-9-5/h2,4-5H,3H2,1H3,(H,7,8). The second-order valence-electron chi connectivity index (χ2n) is 1.85. The van der Waals surface area contributed by atoms with Crippen LogP contribution < -0.4 is 5.32 Å². The van der Waals surface area contributed by atoms with Crippen LogP contribution >= 0.6 is 11.8 Å². The van der Waals surface area contributed by atoms with Crippen LogP contribution in [0.1, 0.15) is 6.42 Å². The van der Waals surface area contributed by atoms with Gasteiger partial charge in [0.15, 0.2) is 0 Å². The zero-order valence-electron chi connectivity index (χ0n) is 5.26. The van der Waals surface area contributed by atoms with Crippen molar-refractivity contribution in [2.45, 2.75) is 11.7 Å². The van der Waals surface area contributed by atoms with E-state index in [0.717, 1.165) is 6.42 Å². The lowest BCUT2D eigenvalue weighted by molar-refractivity contribution is -0.119. The Kier molecular flexibility index (Phi) is 2.16. The molecule has 1 atom stereocenters. The summed E-state index contributed by atoms with van der Waals surface area (Å²) in [7, 11) is 1.67. The summed E-state index contributed by atoms with van der Waals surface area (Å²) in [5.41, 5.74) is 0. The molecule has 0 saturated heterocycles. The molecule has 0 aromatic carbocycles. The summed E-state index contributed by atoms with van der Waals surface area (Å²) in [6, 6.07) is 0. The van der Waals surface area contributed by atoms with Gasteiger partial charge in [-0.3, -0.25) is 4.79 Å². The van der Waals surface area contributed by atoms with Crippen molar-refractivity contribution in [1.82, 2.24) is 5.32 Å². The number of rotatable bonds is 1. The monoisotopic (exact) mass is 143 g/mol. The average Bonchev–Trinajstić information content (AvgIpc) is 2.37. The Balaban J connectivity index is 2.36. The lowest BCUT2D eigenvalue weighted by Gasteiger charge is -2.04. The van der Waals surface area contributed by atoms with Crippen LogP contribution in [0.3, 0.4) is 0 Å². The predicted molar refractivity (Wildman–Crippen MR) is 39.2 cm³/mol. The lowest BCUT2D eigenvalue weighted by Crippen LogP contribution is -2.27. The van der Waals surface area contributed by atoms with Crippen LogP contribution in [0.4, 0.5) is 0 Å². The number of carbonyl (C=O) groups is 1. The quantitative estimate of drug-likeness (QED) is 0.587. The van der Waals surface area contributed by atoms with Gasteiger partial charge in [-0.15, -0.1) is 11.8 Å². The van der Waals surface area contributed by atoms with Gasteiger partial charge in [0.1, 0.15) is 0 Å². The highest BCUT2D eigenvalue weighted by Gasteiger charge is 2.17. The third-order valence-corrected chi connectivity index (χ3v) is 2.31. The molecule has 1 unspecified atom stereocenters. The smallest absolute Gasteiger partial charge is 0.233 e. The third kappa shape index (κ3) is 1.48. The van der Waals surface area contributed by atoms with E-state index >= 15 is 0 Å². The van der Waals surface area contributed by atoms with E-state index in [9.17, 15) is 4.79 Å². The second-order valence-corrected chi connectivity index (χ2v) is 2.96. The number of hydrogen-bond donors (Lipinski definition) is 1. The van der Waals surface area contributed by atoms with Gasteiger partial charge in [0, 0.05) is 7.05 Å². The number of thioether (sulfide) groups is 1. The fourth-order valence-electron chi connectivity index (χ4n) is 0.715. The normalized spacial score (nSPS) is 24.3. The number of nitrogens with one attached hydrogen (secondary N) is 1. The summed E-state index contributed by atoms with van der Waals surface area (Å²) in [4.78, 5) is 10.8. The molecule has 1 heterocycles. The highest BCUT2D eigenvalue weighted by Crippen LogP contribution is 2.23. The molecule has 1 amide bonds. The number of carbonyl (C=O) groups excluding carboxylic acids is 1. The van der Waals surface area contributed by atoms with Gasteiger partial charge in [-0.2, -0.15) is 0 Å². The third-order valence-electron chi connectivity index (χ3n) is 1.23. The molecule has 1 aliphatic rings. The molecular formula is C6H9NOS. The van der Waals surface area contributed by atoms with Crippen molar-refractivity contribution >= 4 is 17.7 Å². The van der Waals surface area contributed by atoms with Gasteiger partial charge in [-0.1, -0.05) is 6.08 Å². The lowest BCUT2D eigenvalue weighted by atomic mass is 10.3. The predicted octanol–water partition coefficient (Wildman–Crippen LogP) is 0.752. The van der Waals surface area contributed by atoms with Gasteiger partial charge in [-0.05, 0) is 11.8 Å². The first-order valence-electron chi connectivity index (χ1n) is 2.86. The maximum atomic E-state index is 10.8. The van der Waals surface area contributed by atoms with Gasteiger partial charge in [-0.25, -0.2) is 0 Å². The van der Waals surface area contributed by atoms with Crippen molar-refractivity contribution in [2.75, 3.05) is 7.05 Å². The first-order valence-corrected chi connectivity index (χ1v) is 3.81. The SMILES string of the molecule is CNC(=O)C1CC=CS1. The summed E-state index contributed by atoms with van der Waals surface area (Å²) in [5.74, 6) is 0.130. The van der Waals surface area contributed by atoms with Crippen LogP contribution in [0, 0.1) is 0 Å². The van der Waals surface area contributed by atoms with E-state index < -0.39 is 0 Å². The molecular weight excluding hydrogens is 134 g/mol. The maximum absolute atomic E-state index is 10.8. The van der Waals surface area contributed by atoms with Crippen molar-refractivity contribution in [1.29, 1.82) is 0 Å². The Hall–Kier alpha value is -0.440. The van der Waals surface area contributed by atoms with E-state index in [1.165, 1.54) is 0 Å². The van der Waals surface area contributed by atoms with Crippen molar-refractivity contribution in [3.05, 3.63) is 11.5 Å². The Morgan fingerprint density at radius 3 is 3.11 bits per heavy atom. The molecule has 0 bridgehead atoms. The molecule has 2 nitrogen and oxygen atoms in total.